The van der Waals surface area contributed by atoms with E-state index in [1.54, 1.807) is 0 Å². The van der Waals surface area contributed by atoms with E-state index < -0.39 is 0 Å². The monoisotopic (exact) mass is 358 g/mol. The summed E-state index contributed by atoms with van der Waals surface area (Å²) in [7, 11) is 0. The van der Waals surface area contributed by atoms with Crippen LogP contribution in [0.15, 0.2) is 59.0 Å². The van der Waals surface area contributed by atoms with E-state index in [-0.39, 0.29) is 24.2 Å². The predicted octanol–water partition coefficient (Wildman–Crippen LogP) is 4.71. The maximum atomic E-state index is 12.6. The summed E-state index contributed by atoms with van der Waals surface area (Å²) in [6.07, 6.45) is 0. The Hall–Kier alpha value is -2.30. The van der Waals surface area contributed by atoms with Crippen LogP contribution in [-0.2, 0) is 11.3 Å². The van der Waals surface area contributed by atoms with Gasteiger partial charge in [-0.2, -0.15) is 0 Å². The van der Waals surface area contributed by atoms with Crippen LogP contribution in [-0.4, -0.2) is 12.5 Å². The maximum Gasteiger partial charge on any atom is 0.234 e. The van der Waals surface area contributed by atoms with Gasteiger partial charge in [-0.3, -0.25) is 4.79 Å². The highest BCUT2D eigenvalue weighted by Crippen LogP contribution is 2.26. The van der Waals surface area contributed by atoms with Gasteiger partial charge >= 0.3 is 0 Å². The molecule has 2 aromatic carbocycles. The Bertz CT molecular complexity index is 811. The zero-order valence-corrected chi connectivity index (χ0v) is 15.2. The highest BCUT2D eigenvalue weighted by molar-refractivity contribution is 5.96. The highest BCUT2D eigenvalue weighted by Gasteiger charge is 2.20. The third-order valence-corrected chi connectivity index (χ3v) is 4.11. The van der Waals surface area contributed by atoms with Crippen LogP contribution in [0, 0.1) is 0 Å². The summed E-state index contributed by atoms with van der Waals surface area (Å²) in [6, 6.07) is 17.6. The Labute approximate surface area is 154 Å². The van der Waals surface area contributed by atoms with Crippen molar-refractivity contribution in [2.45, 2.75) is 26.3 Å². The summed E-state index contributed by atoms with van der Waals surface area (Å²) in [6.45, 7) is 5.54. The lowest BCUT2D eigenvalue weighted by molar-refractivity contribution is -0.117. The maximum absolute atomic E-state index is 12.6. The smallest absolute Gasteiger partial charge is 0.234 e. The Balaban J connectivity index is 0.00000225. The van der Waals surface area contributed by atoms with Crippen LogP contribution >= 0.6 is 12.4 Å². The van der Waals surface area contributed by atoms with E-state index in [0.717, 1.165) is 35.3 Å². The minimum absolute atomic E-state index is 0. The molecule has 4 nitrogen and oxygen atoms in total. The van der Waals surface area contributed by atoms with Gasteiger partial charge in [-0.1, -0.05) is 43.3 Å². The van der Waals surface area contributed by atoms with Crippen LogP contribution < -0.4 is 10.6 Å². The Morgan fingerprint density at radius 1 is 1.12 bits per heavy atom. The van der Waals surface area contributed by atoms with Gasteiger partial charge in [-0.15, -0.1) is 12.4 Å². The quantitative estimate of drug-likeness (QED) is 0.671. The van der Waals surface area contributed by atoms with E-state index in [1.165, 1.54) is 0 Å². The number of fused-ring (bicyclic) bond motifs is 1. The minimum atomic E-state index is -0.357. The van der Waals surface area contributed by atoms with Gasteiger partial charge in [-0.25, -0.2) is 0 Å². The lowest BCUT2D eigenvalue weighted by Crippen LogP contribution is -2.20. The summed E-state index contributed by atoms with van der Waals surface area (Å²) in [5, 5.41) is 7.32. The van der Waals surface area contributed by atoms with Crippen molar-refractivity contribution in [3.8, 4) is 0 Å². The number of furan rings is 1. The summed E-state index contributed by atoms with van der Waals surface area (Å²) < 4.78 is 5.81. The van der Waals surface area contributed by atoms with Crippen molar-refractivity contribution in [2.75, 3.05) is 11.9 Å². The molecule has 1 amide bonds. The molecule has 1 atom stereocenters. The molecule has 0 saturated carbocycles. The fourth-order valence-corrected chi connectivity index (χ4v) is 2.64. The molecule has 3 rings (SSSR count). The highest BCUT2D eigenvalue weighted by atomic mass is 35.5. The molecule has 0 spiro atoms. The predicted molar refractivity (Wildman–Crippen MR) is 104 cm³/mol. The number of hydrogen-bond acceptors (Lipinski definition) is 3. The molecular weight excluding hydrogens is 336 g/mol. The first kappa shape index (κ1) is 19.0. The average molecular weight is 359 g/mol. The first-order valence-corrected chi connectivity index (χ1v) is 8.27. The Morgan fingerprint density at radius 3 is 2.60 bits per heavy atom. The van der Waals surface area contributed by atoms with E-state index in [2.05, 4.69) is 17.6 Å². The van der Waals surface area contributed by atoms with Gasteiger partial charge in [0.25, 0.3) is 0 Å². The van der Waals surface area contributed by atoms with Gasteiger partial charge in [0.2, 0.25) is 5.91 Å². The number of carbonyl (C=O) groups is 1. The first-order valence-electron chi connectivity index (χ1n) is 8.27. The first-order chi connectivity index (χ1) is 11.7. The second-order valence-corrected chi connectivity index (χ2v) is 5.84. The molecule has 132 valence electrons. The molecule has 25 heavy (non-hydrogen) atoms. The zero-order valence-electron chi connectivity index (χ0n) is 14.4. The number of nitrogens with one attached hydrogen (secondary N) is 2. The standard InChI is InChI=1S/C20H22N2O2.ClH/c1-3-21-13-16-9-4-6-10-17(16)22-20(23)14(2)19-12-15-8-5-7-11-18(15)24-19;/h4-12,14,21H,3,13H2,1-2H3,(H,22,23);1H. The molecule has 2 N–H and O–H groups in total. The number of carbonyl (C=O) groups excluding carboxylic acids is 1. The SMILES string of the molecule is CCNCc1ccccc1NC(=O)C(C)c1cc2ccccc2o1.Cl. The van der Waals surface area contributed by atoms with Crippen LogP contribution in [0.4, 0.5) is 5.69 Å². The van der Waals surface area contributed by atoms with Crippen molar-refractivity contribution in [3.63, 3.8) is 0 Å². The molecule has 0 aliphatic heterocycles. The third-order valence-electron chi connectivity index (χ3n) is 4.11. The van der Waals surface area contributed by atoms with E-state index in [1.807, 2.05) is 61.5 Å². The van der Waals surface area contributed by atoms with Gasteiger partial charge in [0.1, 0.15) is 11.3 Å². The largest absolute Gasteiger partial charge is 0.460 e. The van der Waals surface area contributed by atoms with Crippen LogP contribution in [0.2, 0.25) is 0 Å². The van der Waals surface area contributed by atoms with Crippen LogP contribution in [0.5, 0.6) is 0 Å². The van der Waals surface area contributed by atoms with Crippen molar-refractivity contribution in [3.05, 3.63) is 65.9 Å². The fraction of sp³-hybridized carbons (Fsp3) is 0.250. The summed E-state index contributed by atoms with van der Waals surface area (Å²) >= 11 is 0. The number of anilines is 1. The number of rotatable bonds is 6. The second kappa shape index (κ2) is 8.70. The van der Waals surface area contributed by atoms with Crippen LogP contribution in [0.1, 0.15) is 31.1 Å². The molecule has 5 heteroatoms. The van der Waals surface area contributed by atoms with Crippen molar-refractivity contribution in [2.24, 2.45) is 0 Å². The Morgan fingerprint density at radius 2 is 1.84 bits per heavy atom. The number of benzene rings is 2. The van der Waals surface area contributed by atoms with Crippen molar-refractivity contribution in [1.29, 1.82) is 0 Å². The number of amides is 1. The lowest BCUT2D eigenvalue weighted by Gasteiger charge is -2.14. The molecule has 0 aliphatic carbocycles. The summed E-state index contributed by atoms with van der Waals surface area (Å²) in [5.41, 5.74) is 2.72. The van der Waals surface area contributed by atoms with Crippen LogP contribution in [0.25, 0.3) is 11.0 Å². The molecule has 1 aromatic heterocycles. The van der Waals surface area contributed by atoms with Gasteiger partial charge < -0.3 is 15.1 Å². The molecule has 1 unspecified atom stereocenters. The van der Waals surface area contributed by atoms with E-state index in [9.17, 15) is 4.79 Å². The zero-order chi connectivity index (χ0) is 16.9. The topological polar surface area (TPSA) is 54.3 Å². The number of para-hydroxylation sites is 2. The van der Waals surface area contributed by atoms with Gasteiger partial charge in [-0.05, 0) is 37.2 Å². The van der Waals surface area contributed by atoms with Gasteiger partial charge in [0, 0.05) is 17.6 Å². The molecular formula is C20H23ClN2O2. The lowest BCUT2D eigenvalue weighted by atomic mass is 10.1. The molecule has 0 fully saturated rings. The van der Waals surface area contributed by atoms with E-state index in [4.69, 9.17) is 4.42 Å². The third kappa shape index (κ3) is 4.41. The van der Waals surface area contributed by atoms with Crippen molar-refractivity contribution in [1.82, 2.24) is 5.32 Å². The van der Waals surface area contributed by atoms with Crippen LogP contribution in [0.3, 0.4) is 0 Å². The van der Waals surface area contributed by atoms with Gasteiger partial charge in [0.15, 0.2) is 0 Å². The van der Waals surface area contributed by atoms with Crippen molar-refractivity contribution < 1.29 is 9.21 Å². The fourth-order valence-electron chi connectivity index (χ4n) is 2.64. The van der Waals surface area contributed by atoms with Crippen molar-refractivity contribution >= 4 is 35.0 Å². The normalized spacial score (nSPS) is 11.8. The summed E-state index contributed by atoms with van der Waals surface area (Å²) in [4.78, 5) is 12.6. The van der Waals surface area contributed by atoms with E-state index in [0.29, 0.717) is 5.76 Å². The molecule has 3 aromatic rings. The molecule has 1 heterocycles. The second-order valence-electron chi connectivity index (χ2n) is 5.84. The van der Waals surface area contributed by atoms with Gasteiger partial charge in [0.05, 0.1) is 5.92 Å². The van der Waals surface area contributed by atoms with E-state index >= 15 is 0 Å². The molecule has 0 radical (unpaired) electrons. The molecule has 0 saturated heterocycles. The molecule has 0 bridgehead atoms. The minimum Gasteiger partial charge on any atom is -0.460 e. The average Bonchev–Trinajstić information content (AvgIpc) is 3.04. The summed E-state index contributed by atoms with van der Waals surface area (Å²) in [5.74, 6) is 0.250. The Kier molecular flexibility index (Phi) is 6.62. The molecule has 0 aliphatic rings. The number of halogens is 1. The number of hydrogen-bond donors (Lipinski definition) is 2.